The summed E-state index contributed by atoms with van der Waals surface area (Å²) in [6.07, 6.45) is 7.89. The van der Waals surface area contributed by atoms with E-state index in [-0.39, 0.29) is 10.8 Å². The summed E-state index contributed by atoms with van der Waals surface area (Å²) < 4.78 is 0. The summed E-state index contributed by atoms with van der Waals surface area (Å²) in [7, 11) is 3.99. The Hall–Kier alpha value is -1.72. The first kappa shape index (κ1) is 26.5. The Kier molecular flexibility index (Phi) is 7.10. The topological polar surface area (TPSA) is 46.9 Å². The smallest absolute Gasteiger partial charge is 0.170 e. The molecule has 4 heteroatoms. The van der Waals surface area contributed by atoms with Crippen molar-refractivity contribution in [2.75, 3.05) is 27.2 Å². The quantitative estimate of drug-likeness (QED) is 0.577. The van der Waals surface area contributed by atoms with E-state index in [1.165, 1.54) is 0 Å². The maximum absolute atomic E-state index is 12.6. The molecule has 0 spiro atoms. The summed E-state index contributed by atoms with van der Waals surface area (Å²) in [5, 5.41) is 25.1. The zero-order valence-corrected chi connectivity index (χ0v) is 21.9. The van der Waals surface area contributed by atoms with Crippen molar-refractivity contribution in [3.05, 3.63) is 70.9 Å². The van der Waals surface area contributed by atoms with Crippen LogP contribution >= 0.6 is 0 Å². The van der Waals surface area contributed by atoms with Crippen LogP contribution in [-0.4, -0.2) is 58.6 Å². The molecule has 178 valence electrons. The molecule has 0 saturated carbocycles. The molecular formula is C28H44N2O2. The van der Waals surface area contributed by atoms with E-state index < -0.39 is 11.4 Å². The lowest BCUT2D eigenvalue weighted by molar-refractivity contribution is -0.172. The van der Waals surface area contributed by atoms with Gasteiger partial charge in [0.2, 0.25) is 0 Å². The molecule has 2 rings (SSSR count). The van der Waals surface area contributed by atoms with Crippen LogP contribution < -0.4 is 0 Å². The minimum atomic E-state index is -1.57. The Morgan fingerprint density at radius 3 is 1.34 bits per heavy atom. The highest BCUT2D eigenvalue weighted by Crippen LogP contribution is 2.52. The summed E-state index contributed by atoms with van der Waals surface area (Å²) in [5.41, 5.74) is 0.959. The summed E-state index contributed by atoms with van der Waals surface area (Å²) >= 11 is 0. The van der Waals surface area contributed by atoms with E-state index in [4.69, 9.17) is 0 Å². The van der Waals surface area contributed by atoms with Crippen LogP contribution in [0.3, 0.4) is 0 Å². The average Bonchev–Trinajstić information content (AvgIpc) is 2.59. The maximum atomic E-state index is 12.6. The molecule has 2 aliphatic carbocycles. The van der Waals surface area contributed by atoms with Crippen LogP contribution in [0, 0.1) is 10.8 Å². The van der Waals surface area contributed by atoms with Gasteiger partial charge in [-0.1, -0.05) is 90.2 Å². The summed E-state index contributed by atoms with van der Waals surface area (Å²) in [6, 6.07) is 0. The molecule has 32 heavy (non-hydrogen) atoms. The van der Waals surface area contributed by atoms with Crippen LogP contribution in [0.15, 0.2) is 70.9 Å². The van der Waals surface area contributed by atoms with Gasteiger partial charge in [-0.3, -0.25) is 0 Å². The molecule has 2 N–H and O–H groups in total. The van der Waals surface area contributed by atoms with Crippen LogP contribution in [0.1, 0.15) is 55.4 Å². The van der Waals surface area contributed by atoms with E-state index in [1.807, 2.05) is 57.1 Å². The molecular weight excluding hydrogens is 396 g/mol. The van der Waals surface area contributed by atoms with Gasteiger partial charge in [-0.05, 0) is 61.1 Å². The largest absolute Gasteiger partial charge is 0.367 e. The molecule has 0 amide bonds. The highest BCUT2D eigenvalue weighted by molar-refractivity contribution is 5.54. The van der Waals surface area contributed by atoms with Gasteiger partial charge in [-0.15, -0.1) is 0 Å². The number of aliphatic hydroxyl groups is 2. The van der Waals surface area contributed by atoms with Gasteiger partial charge in [-0.2, -0.15) is 0 Å². The SMILES string of the molecule is C=C1C=C(C)C=C(C(C)(C)C)C1(O)N(CCN(C)C)C1(O)C(=C)C=C(C)C=C1C(C)(C)C. The van der Waals surface area contributed by atoms with Crippen molar-refractivity contribution in [1.82, 2.24) is 9.80 Å². The fraction of sp³-hybridized carbons (Fsp3) is 0.571. The molecule has 0 saturated heterocycles. The lowest BCUT2D eigenvalue weighted by atomic mass is 9.68. The van der Waals surface area contributed by atoms with Gasteiger partial charge in [0.05, 0.1) is 0 Å². The summed E-state index contributed by atoms with van der Waals surface area (Å²) in [6.45, 7) is 26.2. The Bertz CT molecular complexity index is 848. The van der Waals surface area contributed by atoms with Crippen molar-refractivity contribution in [3.63, 3.8) is 0 Å². The van der Waals surface area contributed by atoms with Crippen LogP contribution in [0.25, 0.3) is 0 Å². The van der Waals surface area contributed by atoms with E-state index in [0.29, 0.717) is 24.2 Å². The molecule has 0 aromatic rings. The third-order valence-electron chi connectivity index (χ3n) is 6.36. The Morgan fingerprint density at radius 1 is 0.719 bits per heavy atom. The second-order valence-electron chi connectivity index (χ2n) is 11.7. The predicted octanol–water partition coefficient (Wildman–Crippen LogP) is 5.20. The molecule has 0 heterocycles. The van der Waals surface area contributed by atoms with Crippen molar-refractivity contribution < 1.29 is 10.2 Å². The third-order valence-corrected chi connectivity index (χ3v) is 6.36. The number of rotatable bonds is 5. The van der Waals surface area contributed by atoms with Crippen molar-refractivity contribution in [3.8, 4) is 0 Å². The van der Waals surface area contributed by atoms with Gasteiger partial charge in [0, 0.05) is 13.1 Å². The van der Waals surface area contributed by atoms with Crippen LogP contribution in [0.5, 0.6) is 0 Å². The van der Waals surface area contributed by atoms with E-state index in [0.717, 1.165) is 22.3 Å². The number of allylic oxidation sites excluding steroid dienone is 4. The first-order valence-electron chi connectivity index (χ1n) is 11.4. The average molecular weight is 441 g/mol. The Labute approximate surface area is 196 Å². The van der Waals surface area contributed by atoms with Crippen molar-refractivity contribution in [2.24, 2.45) is 10.8 Å². The third kappa shape index (κ3) is 4.65. The van der Waals surface area contributed by atoms with Gasteiger partial charge < -0.3 is 15.1 Å². The minimum absolute atomic E-state index is 0.354. The van der Waals surface area contributed by atoms with Crippen molar-refractivity contribution >= 4 is 0 Å². The zero-order chi connectivity index (χ0) is 24.9. The van der Waals surface area contributed by atoms with Crippen molar-refractivity contribution in [2.45, 2.75) is 66.8 Å². The lowest BCUT2D eigenvalue weighted by Crippen LogP contribution is -2.67. The second kappa shape index (κ2) is 8.57. The number of likely N-dealkylation sites (N-methyl/N-ethyl adjacent to an activating group) is 1. The normalized spacial score (nSPS) is 27.4. The van der Waals surface area contributed by atoms with Crippen LogP contribution in [0.2, 0.25) is 0 Å². The molecule has 2 atom stereocenters. The van der Waals surface area contributed by atoms with E-state index in [2.05, 4.69) is 59.6 Å². The van der Waals surface area contributed by atoms with Crippen molar-refractivity contribution in [1.29, 1.82) is 0 Å². The number of hydrogen-bond acceptors (Lipinski definition) is 4. The van der Waals surface area contributed by atoms with Gasteiger partial charge in [-0.25, -0.2) is 4.90 Å². The standard InChI is InChI=1S/C28H44N2O2/c1-19-15-21(3)27(31,23(17-19)25(5,6)7)30(14-13-29(11)12)28(32)22(4)16-20(2)18-24(28)26(8,9)10/h15-18,31-32H,3-4,13-14H2,1-2,5-12H3. The molecule has 0 aromatic carbocycles. The van der Waals surface area contributed by atoms with Gasteiger partial charge in [0.1, 0.15) is 0 Å². The van der Waals surface area contributed by atoms with Crippen LogP contribution in [0.4, 0.5) is 0 Å². The molecule has 0 radical (unpaired) electrons. The predicted molar refractivity (Wildman–Crippen MR) is 136 cm³/mol. The number of nitrogens with zero attached hydrogens (tertiary/aromatic N) is 2. The van der Waals surface area contributed by atoms with Crippen LogP contribution in [-0.2, 0) is 0 Å². The Morgan fingerprint density at radius 2 is 1.06 bits per heavy atom. The van der Waals surface area contributed by atoms with E-state index in [9.17, 15) is 10.2 Å². The minimum Gasteiger partial charge on any atom is -0.367 e. The highest BCUT2D eigenvalue weighted by Gasteiger charge is 2.57. The fourth-order valence-electron chi connectivity index (χ4n) is 4.81. The van der Waals surface area contributed by atoms with Gasteiger partial charge >= 0.3 is 0 Å². The zero-order valence-electron chi connectivity index (χ0n) is 21.9. The fourth-order valence-corrected chi connectivity index (χ4v) is 4.81. The monoisotopic (exact) mass is 440 g/mol. The lowest BCUT2D eigenvalue weighted by Gasteiger charge is -2.56. The second-order valence-corrected chi connectivity index (χ2v) is 11.7. The first-order chi connectivity index (χ1) is 14.4. The molecule has 0 fully saturated rings. The van der Waals surface area contributed by atoms with E-state index in [1.54, 1.807) is 0 Å². The first-order valence-corrected chi connectivity index (χ1v) is 11.4. The molecule has 0 aromatic heterocycles. The maximum Gasteiger partial charge on any atom is 0.170 e. The molecule has 4 nitrogen and oxygen atoms in total. The summed E-state index contributed by atoms with van der Waals surface area (Å²) in [4.78, 5) is 3.87. The molecule has 2 aliphatic rings. The molecule has 0 aliphatic heterocycles. The van der Waals surface area contributed by atoms with E-state index >= 15 is 0 Å². The number of hydrogen-bond donors (Lipinski definition) is 2. The highest BCUT2D eigenvalue weighted by atomic mass is 16.4. The molecule has 2 unspecified atom stereocenters. The van der Waals surface area contributed by atoms with Gasteiger partial charge in [0.15, 0.2) is 11.4 Å². The van der Waals surface area contributed by atoms with Gasteiger partial charge in [0.25, 0.3) is 0 Å². The summed E-state index contributed by atoms with van der Waals surface area (Å²) in [5.74, 6) is 0. The molecule has 0 bridgehead atoms. The Balaban J connectivity index is 2.87.